The van der Waals surface area contributed by atoms with Crippen LogP contribution in [-0.2, 0) is 18.9 Å². The molecule has 1 aromatic heterocycles. The number of hydrogen-bond acceptors (Lipinski definition) is 12. The van der Waals surface area contributed by atoms with Gasteiger partial charge in [0.1, 0.15) is 11.5 Å². The number of hydrogen-bond donors (Lipinski definition) is 2. The van der Waals surface area contributed by atoms with Crippen LogP contribution in [0.25, 0.3) is 11.1 Å². The predicted molar refractivity (Wildman–Crippen MR) is 139 cm³/mol. The third-order valence-corrected chi connectivity index (χ3v) is 5.88. The number of aromatic nitrogens is 3. The van der Waals surface area contributed by atoms with E-state index in [4.69, 9.17) is 18.9 Å². The molecule has 2 N–H and O–H groups in total. The maximum atomic E-state index is 9.54. The molecule has 2 aliphatic rings. The minimum absolute atomic E-state index is 0.0305. The first-order chi connectivity index (χ1) is 18.9. The van der Waals surface area contributed by atoms with Crippen LogP contribution in [0.2, 0.25) is 0 Å². The summed E-state index contributed by atoms with van der Waals surface area (Å²) in [5, 5.41) is 19.1. The lowest BCUT2D eigenvalue weighted by molar-refractivity contribution is -0.0232. The minimum atomic E-state index is -0.584. The van der Waals surface area contributed by atoms with Gasteiger partial charge in [0.15, 0.2) is 12.2 Å². The van der Waals surface area contributed by atoms with Crippen LogP contribution in [0.5, 0.6) is 0 Å². The standard InChI is InChI=1S/C23H30N10O6/c1-36-17-11-15(31-24)19(38-3)9-13(17)26-21-28-22(30-23(29-21)33(5-7-34)6-8-35)27-14-10-20(39-4)16(32-25)12-18(14)37-2/h11-12,19-20,34-35H,5-10H2,1-4H3. The molecule has 0 aromatic carbocycles. The van der Waals surface area contributed by atoms with Crippen LogP contribution >= 0.6 is 0 Å². The molecule has 0 amide bonds. The first-order valence-electron chi connectivity index (χ1n) is 11.8. The summed E-state index contributed by atoms with van der Waals surface area (Å²) < 4.78 is 21.6. The Morgan fingerprint density at radius 2 is 1.26 bits per heavy atom. The largest absolute Gasteiger partial charge is 0.495 e. The molecule has 1 aromatic rings. The van der Waals surface area contributed by atoms with Crippen LogP contribution in [0.3, 0.4) is 0 Å². The Kier molecular flexibility index (Phi) is 10.6. The summed E-state index contributed by atoms with van der Waals surface area (Å²) in [6.45, 7) is -0.172. The van der Waals surface area contributed by atoms with Gasteiger partial charge in [-0.1, -0.05) is 0 Å². The van der Waals surface area contributed by atoms with E-state index in [0.717, 1.165) is 0 Å². The summed E-state index contributed by atoms with van der Waals surface area (Å²) in [5.74, 6) is 0.702. The number of anilines is 1. The van der Waals surface area contributed by atoms with Crippen LogP contribution < -0.4 is 4.90 Å². The molecule has 2 atom stereocenters. The molecule has 16 heteroatoms. The monoisotopic (exact) mass is 542 g/mol. The highest BCUT2D eigenvalue weighted by Crippen LogP contribution is 2.25. The van der Waals surface area contributed by atoms with Crippen molar-refractivity contribution in [2.24, 2.45) is 9.98 Å². The molecule has 16 nitrogen and oxygen atoms in total. The van der Waals surface area contributed by atoms with Crippen LogP contribution in [0.15, 0.2) is 33.7 Å². The average Bonchev–Trinajstić information content (AvgIpc) is 2.96. The Morgan fingerprint density at radius 1 is 0.821 bits per heavy atom. The Bertz CT molecular complexity index is 1190. The van der Waals surface area contributed by atoms with Gasteiger partial charge in [-0.25, -0.2) is 9.98 Å². The highest BCUT2D eigenvalue weighted by atomic mass is 16.5. The lowest BCUT2D eigenvalue weighted by Gasteiger charge is -2.21. The SMILES string of the molecule is COC1=CC(=[N+]=[N-])C(OC)CC1=Nc1nc(N=C2CC(OC)C(=[N+]=[N-])C=C2OC)nc(N(CCO)CCO)n1. The highest BCUT2D eigenvalue weighted by molar-refractivity contribution is 6.13. The molecule has 208 valence electrons. The molecular weight excluding hydrogens is 512 g/mol. The van der Waals surface area contributed by atoms with E-state index < -0.39 is 12.2 Å². The first-order valence-corrected chi connectivity index (χ1v) is 11.8. The molecular formula is C23H30N10O6. The smallest absolute Gasteiger partial charge is 0.324 e. The average molecular weight is 543 g/mol. The second-order valence-electron chi connectivity index (χ2n) is 8.12. The Morgan fingerprint density at radius 3 is 1.59 bits per heavy atom. The first kappa shape index (κ1) is 29.4. The van der Waals surface area contributed by atoms with Gasteiger partial charge in [-0.2, -0.15) is 24.5 Å². The zero-order chi connectivity index (χ0) is 28.4. The van der Waals surface area contributed by atoms with E-state index in [9.17, 15) is 21.3 Å². The quantitative estimate of drug-likeness (QED) is 0.283. The lowest BCUT2D eigenvalue weighted by atomic mass is 9.99. The maximum Gasteiger partial charge on any atom is 0.324 e. The number of methoxy groups -OCH3 is 4. The molecule has 0 radical (unpaired) electrons. The van der Waals surface area contributed by atoms with Crippen molar-refractivity contribution >= 4 is 40.7 Å². The van der Waals surface area contributed by atoms with Gasteiger partial charge in [0.2, 0.25) is 5.95 Å². The molecule has 3 rings (SSSR count). The molecule has 0 saturated carbocycles. The van der Waals surface area contributed by atoms with Gasteiger partial charge in [-0.3, -0.25) is 0 Å². The van der Waals surface area contributed by atoms with Gasteiger partial charge in [0.25, 0.3) is 11.9 Å². The fourth-order valence-corrected chi connectivity index (χ4v) is 3.91. The summed E-state index contributed by atoms with van der Waals surface area (Å²) in [7, 11) is 5.84. The Labute approximate surface area is 224 Å². The van der Waals surface area contributed by atoms with Crippen LogP contribution in [0.1, 0.15) is 12.8 Å². The third-order valence-electron chi connectivity index (χ3n) is 5.88. The third kappa shape index (κ3) is 7.03. The van der Waals surface area contributed by atoms with Crippen molar-refractivity contribution in [1.29, 1.82) is 0 Å². The maximum absolute atomic E-state index is 9.54. The number of nitrogens with zero attached hydrogens (tertiary/aromatic N) is 10. The molecule has 39 heavy (non-hydrogen) atoms. The van der Waals surface area contributed by atoms with E-state index in [0.29, 0.717) is 22.9 Å². The second-order valence-corrected chi connectivity index (χ2v) is 8.12. The number of aliphatic imine (C=N–C) groups is 2. The van der Waals surface area contributed by atoms with Crippen LogP contribution in [-0.4, -0.2) is 125 Å². The molecule has 0 bridgehead atoms. The van der Waals surface area contributed by atoms with Gasteiger partial charge in [0, 0.05) is 40.2 Å². The van der Waals surface area contributed by atoms with Crippen molar-refractivity contribution in [3.8, 4) is 0 Å². The number of aliphatic hydroxyl groups is 2. The number of rotatable bonds is 11. The molecule has 0 fully saturated rings. The highest BCUT2D eigenvalue weighted by Gasteiger charge is 2.33. The van der Waals surface area contributed by atoms with Gasteiger partial charge in [0.05, 0.1) is 51.0 Å². The van der Waals surface area contributed by atoms with Gasteiger partial charge in [-0.05, 0) is 0 Å². The second kappa shape index (κ2) is 14.1. The van der Waals surface area contributed by atoms with E-state index in [1.165, 1.54) is 40.6 Å². The van der Waals surface area contributed by atoms with E-state index in [1.807, 2.05) is 0 Å². The molecule has 1 heterocycles. The van der Waals surface area contributed by atoms with Gasteiger partial charge < -0.3 is 45.1 Å². The van der Waals surface area contributed by atoms with Crippen LogP contribution in [0.4, 0.5) is 17.8 Å². The summed E-state index contributed by atoms with van der Waals surface area (Å²) in [6.07, 6.45) is 2.22. The Balaban J connectivity index is 2.17. The predicted octanol–water partition coefficient (Wildman–Crippen LogP) is 0.0472. The summed E-state index contributed by atoms with van der Waals surface area (Å²) in [6, 6.07) is 0. The van der Waals surface area contributed by atoms with Crippen molar-refractivity contribution in [1.82, 2.24) is 15.0 Å². The molecule has 2 aliphatic carbocycles. The molecule has 0 aliphatic heterocycles. The zero-order valence-corrected chi connectivity index (χ0v) is 22.1. The van der Waals surface area contributed by atoms with Crippen molar-refractivity contribution in [2.75, 3.05) is 59.6 Å². The lowest BCUT2D eigenvalue weighted by Crippen LogP contribution is -2.32. The number of ether oxygens (including phenoxy) is 4. The summed E-state index contributed by atoms with van der Waals surface area (Å²) in [5.41, 5.74) is 20.0. The minimum Gasteiger partial charge on any atom is -0.495 e. The molecule has 0 saturated heterocycles. The topological polar surface area (TPSA) is 217 Å². The van der Waals surface area contributed by atoms with E-state index in [-0.39, 0.29) is 68.4 Å². The zero-order valence-electron chi connectivity index (χ0n) is 22.1. The van der Waals surface area contributed by atoms with E-state index >= 15 is 0 Å². The van der Waals surface area contributed by atoms with E-state index in [2.05, 4.69) is 34.5 Å². The fourth-order valence-electron chi connectivity index (χ4n) is 3.91. The van der Waals surface area contributed by atoms with Crippen LogP contribution in [0, 0.1) is 0 Å². The van der Waals surface area contributed by atoms with Crippen molar-refractivity contribution in [3.05, 3.63) is 34.7 Å². The summed E-state index contributed by atoms with van der Waals surface area (Å²) in [4.78, 5) is 30.4. The fraction of sp³-hybridized carbons (Fsp3) is 0.522. The number of aliphatic hydroxyl groups excluding tert-OH is 2. The molecule has 2 unspecified atom stereocenters. The molecule has 0 spiro atoms. The van der Waals surface area contributed by atoms with Crippen molar-refractivity contribution in [2.45, 2.75) is 25.0 Å². The van der Waals surface area contributed by atoms with Gasteiger partial charge in [-0.15, -0.1) is 0 Å². The van der Waals surface area contributed by atoms with E-state index in [1.54, 1.807) is 4.90 Å². The number of allylic oxidation sites excluding steroid dienone is 2. The van der Waals surface area contributed by atoms with Gasteiger partial charge >= 0.3 is 11.4 Å². The summed E-state index contributed by atoms with van der Waals surface area (Å²) >= 11 is 0. The normalized spacial score (nSPS) is 21.3. The Hall–Kier alpha value is -4.17. The van der Waals surface area contributed by atoms with Crippen molar-refractivity contribution < 1.29 is 38.7 Å². The van der Waals surface area contributed by atoms with Crippen molar-refractivity contribution in [3.63, 3.8) is 0 Å².